The fourth-order valence-corrected chi connectivity index (χ4v) is 7.25. The largest absolute Gasteiger partial charge is 0.324 e. The zero-order chi connectivity index (χ0) is 47.2. The first-order valence-electron chi connectivity index (χ1n) is 18.2. The Morgan fingerprint density at radius 2 is 0.812 bits per heavy atom. The number of rotatable bonds is 14. The van der Waals surface area contributed by atoms with Crippen LogP contribution in [0.2, 0.25) is 40.2 Å². The number of carbonyl (C=O) groups excluding carboxylic acids is 6. The minimum Gasteiger partial charge on any atom is -0.324 e. The smallest absolute Gasteiger partial charge is 0.258 e. The first kappa shape index (κ1) is 49.8. The first-order valence-corrected chi connectivity index (χ1v) is 21.2. The summed E-state index contributed by atoms with van der Waals surface area (Å²) in [5.41, 5.74) is 1.84. The monoisotopic (exact) mass is 1020 g/mol. The summed E-state index contributed by atoms with van der Waals surface area (Å²) >= 11 is 49.2. The minimum atomic E-state index is -1.60. The third kappa shape index (κ3) is 12.5. The quantitative estimate of drug-likeness (QED) is 0.0484. The van der Waals surface area contributed by atoms with E-state index in [2.05, 4.69) is 41.7 Å². The van der Waals surface area contributed by atoms with E-state index >= 15 is 0 Å². The van der Waals surface area contributed by atoms with Crippen molar-refractivity contribution in [3.63, 3.8) is 0 Å². The van der Waals surface area contributed by atoms with Crippen LogP contribution in [0.4, 0.5) is 34.1 Å². The summed E-state index contributed by atoms with van der Waals surface area (Å²) in [5.74, 6) is -4.30. The molecule has 330 valence electrons. The van der Waals surface area contributed by atoms with E-state index in [0.29, 0.717) is 11.1 Å². The molecule has 22 heteroatoms. The topological polar surface area (TPSA) is 200 Å². The zero-order valence-electron chi connectivity index (χ0n) is 33.3. The average molecular weight is 1030 g/mol. The van der Waals surface area contributed by atoms with E-state index in [1.165, 1.54) is 72.8 Å². The van der Waals surface area contributed by atoms with Gasteiger partial charge in [-0.3, -0.25) is 28.8 Å². The molecule has 0 saturated carbocycles. The minimum absolute atomic E-state index is 0.0319. The summed E-state index contributed by atoms with van der Waals surface area (Å²) in [5, 5.41) is 27.3. The number of amides is 4. The number of ketones is 2. The molecule has 0 radical (unpaired) electrons. The van der Waals surface area contributed by atoms with Gasteiger partial charge in [0.05, 0.1) is 64.0 Å². The van der Waals surface area contributed by atoms with Gasteiger partial charge in [0.15, 0.2) is 11.6 Å². The Bertz CT molecular complexity index is 2630. The summed E-state index contributed by atoms with van der Waals surface area (Å²) in [7, 11) is 0. The number of hydrogen-bond acceptors (Lipinski definition) is 10. The van der Waals surface area contributed by atoms with Gasteiger partial charge in [-0.1, -0.05) is 92.8 Å². The molecule has 5 rings (SSSR count). The number of halogens is 8. The number of carbonyl (C=O) groups is 6. The fraction of sp³-hybridized carbons (Fsp3) is 0.143. The Kier molecular flexibility index (Phi) is 16.9. The van der Waals surface area contributed by atoms with Gasteiger partial charge in [0.2, 0.25) is 12.1 Å². The lowest BCUT2D eigenvalue weighted by Crippen LogP contribution is -2.32. The Labute approximate surface area is 405 Å². The Hall–Kier alpha value is -5.16. The number of hydrogen-bond donors (Lipinski definition) is 4. The highest BCUT2D eigenvalue weighted by atomic mass is 35.5. The van der Waals surface area contributed by atoms with Crippen LogP contribution >= 0.6 is 92.8 Å². The molecule has 2 atom stereocenters. The van der Waals surface area contributed by atoms with Gasteiger partial charge in [-0.05, 0) is 112 Å². The molecular weight excluding hydrogens is 996 g/mol. The summed E-state index contributed by atoms with van der Waals surface area (Å²) in [6, 6.07) is 13.7. The van der Waals surface area contributed by atoms with Crippen LogP contribution < -0.4 is 21.3 Å². The van der Waals surface area contributed by atoms with Crippen molar-refractivity contribution in [2.24, 2.45) is 20.5 Å². The predicted molar refractivity (Wildman–Crippen MR) is 253 cm³/mol. The molecular formula is C42H30Cl8N8O6. The second-order valence-electron chi connectivity index (χ2n) is 13.7. The maximum Gasteiger partial charge on any atom is 0.258 e. The van der Waals surface area contributed by atoms with Gasteiger partial charge in [0.25, 0.3) is 23.6 Å². The van der Waals surface area contributed by atoms with Crippen LogP contribution in [0.3, 0.4) is 0 Å². The van der Waals surface area contributed by atoms with E-state index in [1.807, 2.05) is 0 Å². The predicted octanol–water partition coefficient (Wildman–Crippen LogP) is 13.4. The summed E-state index contributed by atoms with van der Waals surface area (Å²) in [6.07, 6.45) is 0. The van der Waals surface area contributed by atoms with Crippen LogP contribution in [-0.4, -0.2) is 47.3 Å². The van der Waals surface area contributed by atoms with Gasteiger partial charge < -0.3 is 21.3 Å². The maximum atomic E-state index is 13.4. The first-order chi connectivity index (χ1) is 30.1. The number of nitrogens with zero attached hydrogens (tertiary/aromatic N) is 4. The summed E-state index contributed by atoms with van der Waals surface area (Å²) in [6.45, 7) is 5.57. The van der Waals surface area contributed by atoms with Crippen molar-refractivity contribution >= 4 is 162 Å². The van der Waals surface area contributed by atoms with Crippen molar-refractivity contribution in [3.05, 3.63) is 135 Å². The van der Waals surface area contributed by atoms with Gasteiger partial charge in [-0.15, -0.1) is 0 Å². The Morgan fingerprint density at radius 1 is 0.453 bits per heavy atom. The van der Waals surface area contributed by atoms with Crippen molar-refractivity contribution in [2.75, 3.05) is 21.3 Å². The van der Waals surface area contributed by atoms with Crippen molar-refractivity contribution in [3.8, 4) is 0 Å². The Balaban J connectivity index is 1.27. The molecule has 2 unspecified atom stereocenters. The summed E-state index contributed by atoms with van der Waals surface area (Å²) in [4.78, 5) is 78.2. The van der Waals surface area contributed by atoms with E-state index in [9.17, 15) is 28.8 Å². The third-order valence-corrected chi connectivity index (χ3v) is 11.5. The number of aryl methyl sites for hydroxylation is 2. The molecule has 0 fully saturated rings. The highest BCUT2D eigenvalue weighted by Crippen LogP contribution is 2.36. The van der Waals surface area contributed by atoms with Crippen LogP contribution in [0.25, 0.3) is 0 Å². The maximum absolute atomic E-state index is 13.4. The van der Waals surface area contributed by atoms with E-state index in [0.717, 1.165) is 13.8 Å². The highest BCUT2D eigenvalue weighted by molar-refractivity contribution is 6.46. The van der Waals surface area contributed by atoms with E-state index in [1.54, 1.807) is 13.8 Å². The lowest BCUT2D eigenvalue weighted by molar-refractivity contribution is -0.127. The number of Topliss-reactive ketones (excluding diaryl/α,β-unsaturated/α-hetero) is 2. The molecule has 0 aliphatic rings. The highest BCUT2D eigenvalue weighted by Gasteiger charge is 2.27. The molecule has 4 N–H and O–H groups in total. The molecule has 0 saturated heterocycles. The molecule has 5 aromatic carbocycles. The van der Waals surface area contributed by atoms with Crippen molar-refractivity contribution in [1.82, 2.24) is 0 Å². The van der Waals surface area contributed by atoms with Crippen molar-refractivity contribution < 1.29 is 28.8 Å². The van der Waals surface area contributed by atoms with Crippen LogP contribution in [0.15, 0.2) is 93.3 Å². The molecule has 0 aliphatic carbocycles. The van der Waals surface area contributed by atoms with E-state index < -0.39 is 47.3 Å². The van der Waals surface area contributed by atoms with Gasteiger partial charge in [-0.25, -0.2) is 0 Å². The van der Waals surface area contributed by atoms with Crippen LogP contribution in [0, 0.1) is 13.8 Å². The number of benzene rings is 5. The molecule has 0 aliphatic heterocycles. The molecule has 64 heavy (non-hydrogen) atoms. The van der Waals surface area contributed by atoms with Gasteiger partial charge >= 0.3 is 0 Å². The second kappa shape index (κ2) is 21.7. The van der Waals surface area contributed by atoms with Gasteiger partial charge in [0.1, 0.15) is 0 Å². The standard InChI is InChI=1S/C42H30Cl8N8O6/c1-17-9-32(52-42(64)38(20(4)60)58-56-24-6-8-28(46)26(16-24)40(62)54-34-14-22(44)12-30(48)36(34)50)18(2)10-31(17)51-41(63)37(19(3)59)57-55-23-5-7-27(45)25(15-23)39(61)53-33-13-21(43)11-29(47)35(33)49/h5-16,37-38H,1-4H3,(H,51,63)(H,52,64)(H,53,61)(H,54,62). The molecule has 0 heterocycles. The molecule has 14 nitrogen and oxygen atoms in total. The third-order valence-electron chi connectivity index (χ3n) is 8.80. The summed E-state index contributed by atoms with van der Waals surface area (Å²) < 4.78 is 0. The molecule has 0 spiro atoms. The van der Waals surface area contributed by atoms with Crippen LogP contribution in [0.1, 0.15) is 45.7 Å². The molecule has 4 amide bonds. The lowest BCUT2D eigenvalue weighted by Gasteiger charge is -2.16. The van der Waals surface area contributed by atoms with Gasteiger partial charge in [-0.2, -0.15) is 20.5 Å². The van der Waals surface area contributed by atoms with E-state index in [4.69, 9.17) is 92.8 Å². The lowest BCUT2D eigenvalue weighted by atomic mass is 10.1. The number of nitrogens with one attached hydrogen (secondary N) is 4. The number of azo groups is 2. The normalized spacial score (nSPS) is 12.2. The van der Waals surface area contributed by atoms with Crippen molar-refractivity contribution in [2.45, 2.75) is 39.8 Å². The SMILES string of the molecule is CC(=O)C(N=Nc1ccc(Cl)c(C(=O)Nc2cc(Cl)cc(Cl)c2Cl)c1)C(=O)Nc1cc(C)c(NC(=O)C(N=Nc2ccc(Cl)c(C(=O)Nc3cc(Cl)cc(Cl)c3Cl)c2)C(C)=O)cc1C. The molecule has 0 bridgehead atoms. The zero-order valence-corrected chi connectivity index (χ0v) is 39.4. The van der Waals surface area contributed by atoms with Crippen molar-refractivity contribution in [1.29, 1.82) is 0 Å². The van der Waals surface area contributed by atoms with Crippen LogP contribution in [0.5, 0.6) is 0 Å². The molecule has 0 aromatic heterocycles. The molecule has 5 aromatic rings. The second-order valence-corrected chi connectivity index (χ2v) is 16.9. The Morgan fingerprint density at radius 3 is 1.16 bits per heavy atom. The number of anilines is 4. The van der Waals surface area contributed by atoms with Crippen LogP contribution in [-0.2, 0) is 19.2 Å². The van der Waals surface area contributed by atoms with Gasteiger partial charge in [0, 0.05) is 21.4 Å². The van der Waals surface area contributed by atoms with E-state index in [-0.39, 0.29) is 85.4 Å². The fourth-order valence-electron chi connectivity index (χ4n) is 5.55. The average Bonchev–Trinajstić information content (AvgIpc) is 3.21.